The van der Waals surface area contributed by atoms with E-state index in [-0.39, 0.29) is 0 Å². The van der Waals surface area contributed by atoms with Gasteiger partial charge in [-0.1, -0.05) is 18.9 Å². The Hall–Kier alpha value is -1.51. The van der Waals surface area contributed by atoms with Crippen LogP contribution in [0, 0.1) is 5.92 Å². The van der Waals surface area contributed by atoms with E-state index in [4.69, 9.17) is 5.73 Å². The van der Waals surface area contributed by atoms with E-state index >= 15 is 0 Å². The van der Waals surface area contributed by atoms with Gasteiger partial charge < -0.3 is 10.6 Å². The van der Waals surface area contributed by atoms with Gasteiger partial charge in [-0.05, 0) is 48.4 Å². The Labute approximate surface area is 114 Å². The first kappa shape index (κ1) is 12.5. The molecule has 102 valence electrons. The van der Waals surface area contributed by atoms with Crippen LogP contribution in [0.15, 0.2) is 18.2 Å². The Bertz CT molecular complexity index is 478. The quantitative estimate of drug-likeness (QED) is 0.829. The number of anilines is 1. The standard InChI is InChI=1S/C16H22N2O/c17-15-6-5-14-11-18(8-7-13(14)10-15)16(19)9-12-3-1-2-4-12/h5-6,10,12H,1-4,7-9,11,17H2. The topological polar surface area (TPSA) is 46.3 Å². The summed E-state index contributed by atoms with van der Waals surface area (Å²) in [6.07, 6.45) is 6.79. The Morgan fingerprint density at radius 2 is 2.05 bits per heavy atom. The fourth-order valence-corrected chi connectivity index (χ4v) is 3.38. The molecule has 1 heterocycles. The molecule has 0 spiro atoms. The summed E-state index contributed by atoms with van der Waals surface area (Å²) in [5.41, 5.74) is 9.20. The van der Waals surface area contributed by atoms with E-state index in [0.29, 0.717) is 11.8 Å². The van der Waals surface area contributed by atoms with E-state index in [0.717, 1.165) is 31.6 Å². The highest BCUT2D eigenvalue weighted by molar-refractivity contribution is 5.77. The molecular weight excluding hydrogens is 236 g/mol. The number of nitrogens with zero attached hydrogens (tertiary/aromatic N) is 1. The molecule has 1 aromatic rings. The van der Waals surface area contributed by atoms with Gasteiger partial charge in [0, 0.05) is 25.2 Å². The van der Waals surface area contributed by atoms with Gasteiger partial charge >= 0.3 is 0 Å². The van der Waals surface area contributed by atoms with Gasteiger partial charge in [-0.15, -0.1) is 0 Å². The van der Waals surface area contributed by atoms with Crippen LogP contribution in [0.5, 0.6) is 0 Å². The van der Waals surface area contributed by atoms with Gasteiger partial charge in [-0.25, -0.2) is 0 Å². The fourth-order valence-electron chi connectivity index (χ4n) is 3.38. The summed E-state index contributed by atoms with van der Waals surface area (Å²) in [4.78, 5) is 14.4. The molecule has 1 aliphatic carbocycles. The summed E-state index contributed by atoms with van der Waals surface area (Å²) in [5.74, 6) is 0.981. The van der Waals surface area contributed by atoms with Gasteiger partial charge in [0.15, 0.2) is 0 Å². The third-order valence-electron chi connectivity index (χ3n) is 4.53. The van der Waals surface area contributed by atoms with Crippen molar-refractivity contribution in [2.45, 2.75) is 45.1 Å². The van der Waals surface area contributed by atoms with Crippen molar-refractivity contribution in [3.8, 4) is 0 Å². The van der Waals surface area contributed by atoms with E-state index in [1.807, 2.05) is 17.0 Å². The van der Waals surface area contributed by atoms with Crippen molar-refractivity contribution in [1.82, 2.24) is 4.90 Å². The third kappa shape index (κ3) is 2.75. The van der Waals surface area contributed by atoms with E-state index in [1.54, 1.807) is 0 Å². The molecule has 2 N–H and O–H groups in total. The monoisotopic (exact) mass is 258 g/mol. The highest BCUT2D eigenvalue weighted by Gasteiger charge is 2.24. The molecule has 1 fully saturated rings. The maximum atomic E-state index is 12.3. The van der Waals surface area contributed by atoms with Crippen molar-refractivity contribution in [3.05, 3.63) is 29.3 Å². The van der Waals surface area contributed by atoms with Gasteiger partial charge in [0.1, 0.15) is 0 Å². The van der Waals surface area contributed by atoms with Crippen molar-refractivity contribution in [2.75, 3.05) is 12.3 Å². The van der Waals surface area contributed by atoms with Crippen LogP contribution in [0.3, 0.4) is 0 Å². The fraction of sp³-hybridized carbons (Fsp3) is 0.562. The van der Waals surface area contributed by atoms with Crippen molar-refractivity contribution in [3.63, 3.8) is 0 Å². The molecule has 19 heavy (non-hydrogen) atoms. The largest absolute Gasteiger partial charge is 0.399 e. The van der Waals surface area contributed by atoms with Gasteiger partial charge in [-0.2, -0.15) is 0 Å². The zero-order chi connectivity index (χ0) is 13.2. The zero-order valence-electron chi connectivity index (χ0n) is 11.4. The minimum Gasteiger partial charge on any atom is -0.399 e. The lowest BCUT2D eigenvalue weighted by molar-refractivity contribution is -0.133. The van der Waals surface area contributed by atoms with Crippen LogP contribution in [-0.4, -0.2) is 17.4 Å². The molecule has 0 saturated heterocycles. The maximum absolute atomic E-state index is 12.3. The molecule has 3 nitrogen and oxygen atoms in total. The molecule has 0 bridgehead atoms. The van der Waals surface area contributed by atoms with E-state index in [9.17, 15) is 4.79 Å². The predicted octanol–water partition coefficient (Wildman–Crippen LogP) is 2.73. The molecule has 0 unspecified atom stereocenters. The molecule has 0 radical (unpaired) electrons. The first-order valence-electron chi connectivity index (χ1n) is 7.37. The molecule has 1 saturated carbocycles. The molecule has 0 aromatic heterocycles. The minimum atomic E-state index is 0.342. The summed E-state index contributed by atoms with van der Waals surface area (Å²) < 4.78 is 0. The highest BCUT2D eigenvalue weighted by atomic mass is 16.2. The second-order valence-electron chi connectivity index (χ2n) is 5.95. The summed E-state index contributed by atoms with van der Waals surface area (Å²) in [6, 6.07) is 6.05. The lowest BCUT2D eigenvalue weighted by Gasteiger charge is -2.30. The van der Waals surface area contributed by atoms with Gasteiger partial charge in [-0.3, -0.25) is 4.79 Å². The minimum absolute atomic E-state index is 0.342. The van der Waals surface area contributed by atoms with Gasteiger partial charge in [0.2, 0.25) is 5.91 Å². The summed E-state index contributed by atoms with van der Waals surface area (Å²) in [7, 11) is 0. The molecule has 1 aromatic carbocycles. The number of hydrogen-bond acceptors (Lipinski definition) is 2. The smallest absolute Gasteiger partial charge is 0.223 e. The lowest BCUT2D eigenvalue weighted by Crippen LogP contribution is -2.36. The molecule has 3 heteroatoms. The van der Waals surface area contributed by atoms with Gasteiger partial charge in [0.25, 0.3) is 0 Å². The molecule has 1 amide bonds. The molecule has 2 aliphatic rings. The van der Waals surface area contributed by atoms with Crippen molar-refractivity contribution >= 4 is 11.6 Å². The van der Waals surface area contributed by atoms with Crippen LogP contribution < -0.4 is 5.73 Å². The number of fused-ring (bicyclic) bond motifs is 1. The third-order valence-corrected chi connectivity index (χ3v) is 4.53. The number of benzene rings is 1. The highest BCUT2D eigenvalue weighted by Crippen LogP contribution is 2.29. The number of carbonyl (C=O) groups excluding carboxylic acids is 1. The zero-order valence-corrected chi connectivity index (χ0v) is 11.4. The van der Waals surface area contributed by atoms with Crippen molar-refractivity contribution in [2.24, 2.45) is 5.92 Å². The second kappa shape index (κ2) is 5.24. The van der Waals surface area contributed by atoms with E-state index < -0.39 is 0 Å². The number of carbonyl (C=O) groups is 1. The number of amides is 1. The average molecular weight is 258 g/mol. The summed E-state index contributed by atoms with van der Waals surface area (Å²) in [6.45, 7) is 1.61. The Morgan fingerprint density at radius 3 is 2.84 bits per heavy atom. The van der Waals surface area contributed by atoms with Crippen LogP contribution in [0.25, 0.3) is 0 Å². The number of hydrogen-bond donors (Lipinski definition) is 1. The Kier molecular flexibility index (Phi) is 3.45. The summed E-state index contributed by atoms with van der Waals surface area (Å²) in [5, 5.41) is 0. The molecule has 3 rings (SSSR count). The molecule has 1 aliphatic heterocycles. The SMILES string of the molecule is Nc1ccc2c(c1)CCN(C(=O)CC1CCCC1)C2. The summed E-state index contributed by atoms with van der Waals surface area (Å²) >= 11 is 0. The predicted molar refractivity (Wildman–Crippen MR) is 76.6 cm³/mol. The maximum Gasteiger partial charge on any atom is 0.223 e. The van der Waals surface area contributed by atoms with E-state index in [2.05, 4.69) is 6.07 Å². The van der Waals surface area contributed by atoms with Crippen molar-refractivity contribution in [1.29, 1.82) is 0 Å². The van der Waals surface area contributed by atoms with Crippen molar-refractivity contribution < 1.29 is 4.79 Å². The first-order chi connectivity index (χ1) is 9.22. The second-order valence-corrected chi connectivity index (χ2v) is 5.95. The molecular formula is C16H22N2O. The number of rotatable bonds is 2. The first-order valence-corrected chi connectivity index (χ1v) is 7.37. The lowest BCUT2D eigenvalue weighted by atomic mass is 9.97. The average Bonchev–Trinajstić information content (AvgIpc) is 2.91. The van der Waals surface area contributed by atoms with Crippen LogP contribution in [0.2, 0.25) is 0 Å². The normalized spacial score (nSPS) is 19.5. The molecule has 0 atom stereocenters. The van der Waals surface area contributed by atoms with E-state index in [1.165, 1.54) is 36.8 Å². The number of nitrogens with two attached hydrogens (primary N) is 1. The van der Waals surface area contributed by atoms with Gasteiger partial charge in [0.05, 0.1) is 0 Å². The van der Waals surface area contributed by atoms with Crippen LogP contribution in [0.1, 0.15) is 43.2 Å². The number of nitrogen functional groups attached to an aromatic ring is 1. The van der Waals surface area contributed by atoms with Crippen LogP contribution >= 0.6 is 0 Å². The Morgan fingerprint density at radius 1 is 1.26 bits per heavy atom. The Balaban J connectivity index is 1.64. The van der Waals surface area contributed by atoms with Crippen LogP contribution in [0.4, 0.5) is 5.69 Å². The van der Waals surface area contributed by atoms with Crippen LogP contribution in [-0.2, 0) is 17.8 Å².